The number of phenolic OH excluding ortho intramolecular Hbond substituents is 1. The van der Waals surface area contributed by atoms with Crippen molar-refractivity contribution in [3.05, 3.63) is 60.0 Å². The molecule has 2 amide bonds. The van der Waals surface area contributed by atoms with Crippen LogP contribution >= 0.6 is 11.6 Å². The number of carbonyl (C=O) groups is 2. The molecular formula is C24H20ClFN4O3. The summed E-state index contributed by atoms with van der Waals surface area (Å²) >= 11 is 6.58. The summed E-state index contributed by atoms with van der Waals surface area (Å²) < 4.78 is 14.5. The fourth-order valence-corrected chi connectivity index (χ4v) is 4.90. The van der Waals surface area contributed by atoms with Crippen LogP contribution < -0.4 is 9.80 Å². The largest absolute Gasteiger partial charge is 0.507 e. The minimum atomic E-state index is -0.595. The van der Waals surface area contributed by atoms with Gasteiger partial charge in [0.2, 0.25) is 5.91 Å². The zero-order valence-corrected chi connectivity index (χ0v) is 18.5. The number of phenols is 1. The number of carbonyl (C=O) groups excluding carboxylic acids is 2. The molecule has 3 aromatic rings. The van der Waals surface area contributed by atoms with Crippen LogP contribution in [0.5, 0.6) is 5.75 Å². The normalized spacial score (nSPS) is 17.7. The maximum atomic E-state index is 14.5. The number of fused-ring (bicyclic) bond motifs is 5. The summed E-state index contributed by atoms with van der Waals surface area (Å²) in [5.74, 6) is -1.16. The Morgan fingerprint density at radius 3 is 2.85 bits per heavy atom. The smallest absolute Gasteiger partial charge is 0.251 e. The number of aromatic nitrogens is 1. The average Bonchev–Trinajstić information content (AvgIpc) is 2.81. The minimum absolute atomic E-state index is 0.00523. The van der Waals surface area contributed by atoms with Gasteiger partial charge < -0.3 is 19.8 Å². The number of anilines is 2. The maximum absolute atomic E-state index is 14.5. The van der Waals surface area contributed by atoms with Crippen molar-refractivity contribution in [2.75, 3.05) is 36.5 Å². The second kappa shape index (κ2) is 7.74. The molecule has 0 bridgehead atoms. The Balaban J connectivity index is 1.67. The van der Waals surface area contributed by atoms with Crippen molar-refractivity contribution in [1.82, 2.24) is 9.88 Å². The van der Waals surface area contributed by atoms with Gasteiger partial charge in [-0.05, 0) is 30.3 Å². The molecular weight excluding hydrogens is 447 g/mol. The van der Waals surface area contributed by atoms with Crippen molar-refractivity contribution in [2.45, 2.75) is 6.04 Å². The summed E-state index contributed by atoms with van der Waals surface area (Å²) in [5, 5.41) is 11.2. The van der Waals surface area contributed by atoms with Gasteiger partial charge in [0.15, 0.2) is 0 Å². The number of pyridine rings is 1. The van der Waals surface area contributed by atoms with Gasteiger partial charge in [0.1, 0.15) is 17.6 Å². The molecule has 0 aliphatic carbocycles. The first-order chi connectivity index (χ1) is 15.8. The molecule has 9 heteroatoms. The highest BCUT2D eigenvalue weighted by atomic mass is 35.5. The molecule has 7 nitrogen and oxygen atoms in total. The highest BCUT2D eigenvalue weighted by Gasteiger charge is 2.42. The highest BCUT2D eigenvalue weighted by molar-refractivity contribution is 6.34. The number of piperazine rings is 1. The number of amides is 2. The SMILES string of the molecule is C=CC(=O)N1CCN2c3c(cnc4cc(-c5c(O)cccc5F)c(Cl)cc34)N(C)C(=O)[C@H]2C1. The van der Waals surface area contributed by atoms with Crippen LogP contribution in [0.2, 0.25) is 5.02 Å². The zero-order chi connectivity index (χ0) is 23.4. The van der Waals surface area contributed by atoms with Gasteiger partial charge in [0.25, 0.3) is 5.91 Å². The van der Waals surface area contributed by atoms with Crippen molar-refractivity contribution in [3.8, 4) is 16.9 Å². The van der Waals surface area contributed by atoms with Crippen LogP contribution in [-0.4, -0.2) is 59.5 Å². The molecule has 2 aromatic carbocycles. The fourth-order valence-electron chi connectivity index (χ4n) is 4.64. The van der Waals surface area contributed by atoms with Crippen LogP contribution in [0.3, 0.4) is 0 Å². The lowest BCUT2D eigenvalue weighted by atomic mass is 9.98. The molecule has 0 radical (unpaired) electrons. The predicted octanol–water partition coefficient (Wildman–Crippen LogP) is 3.58. The first-order valence-corrected chi connectivity index (χ1v) is 10.7. The van der Waals surface area contributed by atoms with E-state index >= 15 is 0 Å². The van der Waals surface area contributed by atoms with Gasteiger partial charge in [-0.25, -0.2) is 4.39 Å². The van der Waals surface area contributed by atoms with Gasteiger partial charge in [0.05, 0.1) is 35.2 Å². The van der Waals surface area contributed by atoms with Crippen molar-refractivity contribution in [1.29, 1.82) is 0 Å². The molecule has 33 heavy (non-hydrogen) atoms. The number of benzene rings is 2. The van der Waals surface area contributed by atoms with Gasteiger partial charge in [-0.3, -0.25) is 14.6 Å². The lowest BCUT2D eigenvalue weighted by molar-refractivity contribution is -0.128. The summed E-state index contributed by atoms with van der Waals surface area (Å²) in [4.78, 5) is 34.9. The van der Waals surface area contributed by atoms with Gasteiger partial charge in [0, 0.05) is 36.1 Å². The fraction of sp³-hybridized carbons (Fsp3) is 0.208. The van der Waals surface area contributed by atoms with Crippen LogP contribution in [0, 0.1) is 5.82 Å². The lowest BCUT2D eigenvalue weighted by Gasteiger charge is -2.47. The van der Waals surface area contributed by atoms with Gasteiger partial charge >= 0.3 is 0 Å². The quantitative estimate of drug-likeness (QED) is 0.584. The van der Waals surface area contributed by atoms with E-state index in [-0.39, 0.29) is 34.7 Å². The van der Waals surface area contributed by atoms with Crippen LogP contribution in [0.15, 0.2) is 49.2 Å². The number of nitrogens with zero attached hydrogens (tertiary/aromatic N) is 4. The van der Waals surface area contributed by atoms with E-state index in [2.05, 4.69) is 11.6 Å². The van der Waals surface area contributed by atoms with Crippen molar-refractivity contribution < 1.29 is 19.1 Å². The molecule has 1 aromatic heterocycles. The standard InChI is InChI=1S/C24H20ClFN4O3/c1-3-21(32)29-7-8-30-19(12-29)24(33)28(2)18-11-27-17-10-13(15(25)9-14(17)23(18)30)22-16(26)5-4-6-20(22)31/h3-6,9-11,19,31H,1,7-8,12H2,2H3/t19-/m1/s1. The summed E-state index contributed by atoms with van der Waals surface area (Å²) in [6, 6.07) is 6.84. The van der Waals surface area contributed by atoms with Crippen molar-refractivity contribution in [2.24, 2.45) is 0 Å². The highest BCUT2D eigenvalue weighted by Crippen LogP contribution is 2.45. The average molecular weight is 467 g/mol. The van der Waals surface area contributed by atoms with E-state index in [0.717, 1.165) is 5.69 Å². The first kappa shape index (κ1) is 21.2. The van der Waals surface area contributed by atoms with Crippen molar-refractivity contribution in [3.63, 3.8) is 0 Å². The summed E-state index contributed by atoms with van der Waals surface area (Å²) in [6.07, 6.45) is 2.85. The third-order valence-electron chi connectivity index (χ3n) is 6.30. The molecule has 0 spiro atoms. The monoisotopic (exact) mass is 466 g/mol. The summed E-state index contributed by atoms with van der Waals surface area (Å²) in [5.41, 5.74) is 2.28. The number of hydrogen-bond acceptors (Lipinski definition) is 5. The second-order valence-corrected chi connectivity index (χ2v) is 8.48. The number of rotatable bonds is 2. The molecule has 1 N–H and O–H groups in total. The topological polar surface area (TPSA) is 77.0 Å². The van der Waals surface area contributed by atoms with Crippen LogP contribution in [0.4, 0.5) is 15.8 Å². The van der Waals surface area contributed by atoms with Crippen LogP contribution in [-0.2, 0) is 9.59 Å². The molecule has 1 fully saturated rings. The van der Waals surface area contributed by atoms with Crippen molar-refractivity contribution >= 4 is 45.7 Å². The van der Waals surface area contributed by atoms with E-state index in [4.69, 9.17) is 11.6 Å². The van der Waals surface area contributed by atoms with E-state index in [1.165, 1.54) is 29.2 Å². The Morgan fingerprint density at radius 1 is 1.33 bits per heavy atom. The second-order valence-electron chi connectivity index (χ2n) is 8.07. The Labute approximate surface area is 194 Å². The van der Waals surface area contributed by atoms with Gasteiger partial charge in [-0.2, -0.15) is 0 Å². The van der Waals surface area contributed by atoms with Crippen LogP contribution in [0.1, 0.15) is 0 Å². The predicted molar refractivity (Wildman–Crippen MR) is 125 cm³/mol. The molecule has 1 atom stereocenters. The molecule has 0 saturated carbocycles. The zero-order valence-electron chi connectivity index (χ0n) is 17.8. The molecule has 2 aliphatic heterocycles. The molecule has 2 aliphatic rings. The van der Waals surface area contributed by atoms with E-state index in [9.17, 15) is 19.1 Å². The minimum Gasteiger partial charge on any atom is -0.507 e. The molecule has 168 valence electrons. The third kappa shape index (κ3) is 3.21. The van der Waals surface area contributed by atoms with E-state index in [1.54, 1.807) is 30.3 Å². The van der Waals surface area contributed by atoms with E-state index in [1.807, 2.05) is 4.90 Å². The van der Waals surface area contributed by atoms with Crippen LogP contribution in [0.25, 0.3) is 22.0 Å². The number of hydrogen-bond donors (Lipinski definition) is 1. The molecule has 3 heterocycles. The third-order valence-corrected chi connectivity index (χ3v) is 6.61. The lowest BCUT2D eigenvalue weighted by Crippen LogP contribution is -2.62. The molecule has 1 saturated heterocycles. The summed E-state index contributed by atoms with van der Waals surface area (Å²) in [7, 11) is 1.67. The van der Waals surface area contributed by atoms with Gasteiger partial charge in [-0.1, -0.05) is 24.2 Å². The Bertz CT molecular complexity index is 1320. The van der Waals surface area contributed by atoms with E-state index in [0.29, 0.717) is 35.2 Å². The molecule has 0 unspecified atom stereocenters. The van der Waals surface area contributed by atoms with E-state index < -0.39 is 11.9 Å². The number of halogens is 2. The Morgan fingerprint density at radius 2 is 2.12 bits per heavy atom. The maximum Gasteiger partial charge on any atom is 0.251 e. The summed E-state index contributed by atoms with van der Waals surface area (Å²) in [6.45, 7) is 4.67. The number of likely N-dealkylation sites (N-methyl/N-ethyl adjacent to an activating group) is 1. The Hall–Kier alpha value is -3.65. The van der Waals surface area contributed by atoms with Gasteiger partial charge in [-0.15, -0.1) is 0 Å². The first-order valence-electron chi connectivity index (χ1n) is 10.4. The Kier molecular flexibility index (Phi) is 4.97. The molecule has 5 rings (SSSR count). The number of aromatic hydroxyl groups is 1.